The molecule has 1 aromatic rings. The molecule has 0 spiro atoms. The van der Waals surface area contributed by atoms with Gasteiger partial charge in [-0.2, -0.15) is 18.3 Å². The minimum Gasteiger partial charge on any atom is -0.277 e. The molecule has 0 saturated heterocycles. The first-order valence-corrected chi connectivity index (χ1v) is 4.51. The highest BCUT2D eigenvalue weighted by molar-refractivity contribution is 6.68. The molecule has 0 aliphatic heterocycles. The molecule has 15 heavy (non-hydrogen) atoms. The van der Waals surface area contributed by atoms with Crippen LogP contribution in [0.15, 0.2) is 6.07 Å². The largest absolute Gasteiger partial charge is 0.435 e. The fraction of sp³-hybridized carbons (Fsp3) is 0.429. The summed E-state index contributed by atoms with van der Waals surface area (Å²) in [5.74, 6) is 0. The van der Waals surface area contributed by atoms with Crippen LogP contribution in [-0.2, 0) is 11.0 Å². The van der Waals surface area contributed by atoms with Crippen LogP contribution in [0.1, 0.15) is 16.9 Å². The molecule has 1 heterocycles. The van der Waals surface area contributed by atoms with E-state index in [9.17, 15) is 18.0 Å². The van der Waals surface area contributed by atoms with Crippen LogP contribution in [0.25, 0.3) is 0 Å². The van der Waals surface area contributed by atoms with Crippen molar-refractivity contribution in [3.8, 4) is 0 Å². The Morgan fingerprint density at radius 1 is 1.60 bits per heavy atom. The molecule has 0 N–H and O–H groups in total. The van der Waals surface area contributed by atoms with Crippen LogP contribution >= 0.6 is 23.2 Å². The molecule has 0 bridgehead atoms. The maximum Gasteiger partial charge on any atom is 0.435 e. The zero-order chi connectivity index (χ0) is 11.8. The van der Waals surface area contributed by atoms with E-state index in [-0.39, 0.29) is 5.69 Å². The summed E-state index contributed by atoms with van der Waals surface area (Å²) in [7, 11) is 0. The number of hydrogen-bond acceptors (Lipinski definition) is 2. The fourth-order valence-corrected chi connectivity index (χ4v) is 1.24. The van der Waals surface area contributed by atoms with Crippen molar-refractivity contribution in [1.29, 1.82) is 0 Å². The van der Waals surface area contributed by atoms with Gasteiger partial charge in [0.1, 0.15) is 0 Å². The summed E-state index contributed by atoms with van der Waals surface area (Å²) in [5.41, 5.74) is -2.43. The summed E-state index contributed by atoms with van der Waals surface area (Å²) < 4.78 is 37.3. The van der Waals surface area contributed by atoms with Crippen LogP contribution in [0.5, 0.6) is 0 Å². The molecular formula is C7H5Cl2F3N2O. The summed E-state index contributed by atoms with van der Waals surface area (Å²) >= 11 is 10.5. The van der Waals surface area contributed by atoms with Gasteiger partial charge in [0.2, 0.25) is 0 Å². The van der Waals surface area contributed by atoms with Crippen molar-refractivity contribution < 1.29 is 18.0 Å². The topological polar surface area (TPSA) is 34.9 Å². The van der Waals surface area contributed by atoms with E-state index < -0.39 is 22.6 Å². The van der Waals surface area contributed by atoms with Crippen LogP contribution in [0, 0.1) is 6.92 Å². The van der Waals surface area contributed by atoms with E-state index in [1.165, 1.54) is 6.92 Å². The third-order valence-corrected chi connectivity index (χ3v) is 2.32. The maximum absolute atomic E-state index is 12.2. The first kappa shape index (κ1) is 12.3. The van der Waals surface area contributed by atoms with Gasteiger partial charge >= 0.3 is 6.18 Å². The van der Waals surface area contributed by atoms with E-state index in [1.54, 1.807) is 0 Å². The predicted octanol–water partition coefficient (Wildman–Crippen LogP) is 2.71. The molecule has 0 aromatic carbocycles. The first-order chi connectivity index (χ1) is 6.73. The number of halogens is 5. The SMILES string of the molecule is Cc1cc(C(F)(F)F)nn1C(Cl)C(=O)Cl. The average Bonchev–Trinajstić information content (AvgIpc) is 2.45. The number of carbonyl (C=O) groups excluding carboxylic acids is 1. The Labute approximate surface area is 92.8 Å². The molecule has 0 aliphatic carbocycles. The standard InChI is InChI=1S/C7H5Cl2F3N2O/c1-3-2-4(7(10,11)12)13-14(3)5(8)6(9)15/h2,5H,1H3. The van der Waals surface area contributed by atoms with E-state index in [0.717, 1.165) is 10.7 Å². The molecule has 1 rings (SSSR count). The number of aryl methyl sites for hydroxylation is 1. The van der Waals surface area contributed by atoms with E-state index >= 15 is 0 Å². The Hall–Kier alpha value is -0.750. The molecule has 1 atom stereocenters. The monoisotopic (exact) mass is 260 g/mol. The van der Waals surface area contributed by atoms with Gasteiger partial charge in [-0.05, 0) is 24.6 Å². The van der Waals surface area contributed by atoms with Crippen molar-refractivity contribution in [2.24, 2.45) is 0 Å². The third kappa shape index (κ3) is 2.63. The molecule has 8 heteroatoms. The third-order valence-electron chi connectivity index (χ3n) is 1.61. The smallest absolute Gasteiger partial charge is 0.277 e. The summed E-state index contributed by atoms with van der Waals surface area (Å²) in [6.07, 6.45) is -4.57. The normalized spacial score (nSPS) is 14.0. The van der Waals surface area contributed by atoms with Gasteiger partial charge in [-0.1, -0.05) is 11.6 Å². The van der Waals surface area contributed by atoms with E-state index in [0.29, 0.717) is 0 Å². The van der Waals surface area contributed by atoms with Crippen LogP contribution in [-0.4, -0.2) is 15.0 Å². The summed E-state index contributed by atoms with van der Waals surface area (Å²) in [6, 6.07) is 0.787. The second-order valence-corrected chi connectivity index (χ2v) is 3.54. The van der Waals surface area contributed by atoms with Crippen molar-refractivity contribution in [1.82, 2.24) is 9.78 Å². The minimum absolute atomic E-state index is 0.108. The Morgan fingerprint density at radius 2 is 2.13 bits per heavy atom. The second kappa shape index (κ2) is 4.02. The van der Waals surface area contributed by atoms with E-state index in [1.807, 2.05) is 0 Å². The molecule has 0 fully saturated rings. The van der Waals surface area contributed by atoms with Gasteiger partial charge in [0, 0.05) is 5.69 Å². The highest BCUT2D eigenvalue weighted by Gasteiger charge is 2.35. The highest BCUT2D eigenvalue weighted by atomic mass is 35.5. The molecule has 0 saturated carbocycles. The van der Waals surface area contributed by atoms with Crippen molar-refractivity contribution in [3.63, 3.8) is 0 Å². The lowest BCUT2D eigenvalue weighted by Gasteiger charge is -2.06. The number of hydrogen-bond donors (Lipinski definition) is 0. The molecule has 1 aromatic heterocycles. The molecule has 3 nitrogen and oxygen atoms in total. The summed E-state index contributed by atoms with van der Waals surface area (Å²) in [5, 5.41) is 2.17. The number of nitrogens with zero attached hydrogens (tertiary/aromatic N) is 2. The molecule has 1 unspecified atom stereocenters. The van der Waals surface area contributed by atoms with E-state index in [4.69, 9.17) is 23.2 Å². The van der Waals surface area contributed by atoms with Crippen molar-refractivity contribution >= 4 is 28.4 Å². The van der Waals surface area contributed by atoms with Gasteiger partial charge in [-0.3, -0.25) is 4.79 Å². The van der Waals surface area contributed by atoms with Crippen molar-refractivity contribution in [2.45, 2.75) is 18.6 Å². The quantitative estimate of drug-likeness (QED) is 0.606. The van der Waals surface area contributed by atoms with Gasteiger partial charge in [0.15, 0.2) is 11.2 Å². The second-order valence-electron chi connectivity index (χ2n) is 2.75. The van der Waals surface area contributed by atoms with Crippen LogP contribution in [0.4, 0.5) is 13.2 Å². The lowest BCUT2D eigenvalue weighted by Crippen LogP contribution is -2.14. The van der Waals surface area contributed by atoms with Gasteiger partial charge in [-0.25, -0.2) is 4.68 Å². The predicted molar refractivity (Wildman–Crippen MR) is 47.7 cm³/mol. The van der Waals surface area contributed by atoms with Crippen LogP contribution in [0.2, 0.25) is 0 Å². The summed E-state index contributed by atoms with van der Waals surface area (Å²) in [4.78, 5) is 10.6. The zero-order valence-corrected chi connectivity index (χ0v) is 8.86. The van der Waals surface area contributed by atoms with Crippen molar-refractivity contribution in [2.75, 3.05) is 0 Å². The van der Waals surface area contributed by atoms with Gasteiger partial charge in [-0.15, -0.1) is 0 Å². The summed E-state index contributed by atoms with van der Waals surface area (Å²) in [6.45, 7) is 1.34. The molecule has 84 valence electrons. The fourth-order valence-electron chi connectivity index (χ4n) is 0.952. The molecule has 0 radical (unpaired) electrons. The lowest BCUT2D eigenvalue weighted by atomic mass is 10.4. The maximum atomic E-state index is 12.2. The number of aromatic nitrogens is 2. The van der Waals surface area contributed by atoms with Crippen LogP contribution < -0.4 is 0 Å². The molecule has 0 aliphatic rings. The van der Waals surface area contributed by atoms with Gasteiger partial charge in [0.25, 0.3) is 5.24 Å². The zero-order valence-electron chi connectivity index (χ0n) is 7.35. The number of rotatable bonds is 2. The molecule has 0 amide bonds. The Morgan fingerprint density at radius 3 is 2.47 bits per heavy atom. The highest BCUT2D eigenvalue weighted by Crippen LogP contribution is 2.30. The van der Waals surface area contributed by atoms with Gasteiger partial charge < -0.3 is 0 Å². The lowest BCUT2D eigenvalue weighted by molar-refractivity contribution is -0.141. The minimum atomic E-state index is -4.57. The van der Waals surface area contributed by atoms with Crippen molar-refractivity contribution in [3.05, 3.63) is 17.5 Å². The van der Waals surface area contributed by atoms with E-state index in [2.05, 4.69) is 5.10 Å². The Balaban J connectivity index is 3.12. The molecular weight excluding hydrogens is 256 g/mol. The Bertz CT molecular complexity index is 388. The number of carbonyl (C=O) groups is 1. The first-order valence-electron chi connectivity index (χ1n) is 3.70. The number of alkyl halides is 4. The Kier molecular flexibility index (Phi) is 3.30. The van der Waals surface area contributed by atoms with Crippen LogP contribution in [0.3, 0.4) is 0 Å². The average molecular weight is 261 g/mol. The van der Waals surface area contributed by atoms with Gasteiger partial charge in [0.05, 0.1) is 0 Å².